The third-order valence-corrected chi connectivity index (χ3v) is 3.56. The molecule has 26 heavy (non-hydrogen) atoms. The van der Waals surface area contributed by atoms with Gasteiger partial charge in [-0.05, 0) is 37.5 Å². The molecule has 0 aromatic carbocycles. The summed E-state index contributed by atoms with van der Waals surface area (Å²) < 4.78 is 5.54. The van der Waals surface area contributed by atoms with Gasteiger partial charge in [0.2, 0.25) is 5.88 Å². The summed E-state index contributed by atoms with van der Waals surface area (Å²) in [5, 5.41) is 7.04. The molecule has 0 saturated carbocycles. The summed E-state index contributed by atoms with van der Waals surface area (Å²) >= 11 is 5.78. The SMILES string of the molecule is CN=C(NCCc1ccc(Cl)nc1)NCc1ccc(OC(C)C)nc1.I. The third-order valence-electron chi connectivity index (χ3n) is 3.33. The van der Waals surface area contributed by atoms with Crippen LogP contribution in [-0.4, -0.2) is 35.6 Å². The highest BCUT2D eigenvalue weighted by Gasteiger charge is 2.02. The van der Waals surface area contributed by atoms with Gasteiger partial charge in [0.05, 0.1) is 6.10 Å². The normalized spacial score (nSPS) is 11.0. The minimum absolute atomic E-state index is 0. The zero-order valence-electron chi connectivity index (χ0n) is 15.2. The number of pyridine rings is 2. The maximum atomic E-state index is 5.78. The summed E-state index contributed by atoms with van der Waals surface area (Å²) in [6.45, 7) is 5.35. The number of nitrogens with zero attached hydrogens (tertiary/aromatic N) is 3. The number of hydrogen-bond acceptors (Lipinski definition) is 4. The average Bonchev–Trinajstić information content (AvgIpc) is 2.60. The third kappa shape index (κ3) is 8.18. The lowest BCUT2D eigenvalue weighted by Crippen LogP contribution is -2.37. The smallest absolute Gasteiger partial charge is 0.213 e. The number of aromatic nitrogens is 2. The van der Waals surface area contributed by atoms with Crippen LogP contribution in [0.1, 0.15) is 25.0 Å². The second-order valence-electron chi connectivity index (χ2n) is 5.76. The van der Waals surface area contributed by atoms with E-state index in [1.54, 1.807) is 25.5 Å². The summed E-state index contributed by atoms with van der Waals surface area (Å²) in [4.78, 5) is 12.6. The van der Waals surface area contributed by atoms with Gasteiger partial charge >= 0.3 is 0 Å². The van der Waals surface area contributed by atoms with Crippen LogP contribution in [0.25, 0.3) is 0 Å². The van der Waals surface area contributed by atoms with Gasteiger partial charge in [0.25, 0.3) is 0 Å². The molecule has 2 aromatic rings. The molecule has 0 fully saturated rings. The lowest BCUT2D eigenvalue weighted by molar-refractivity contribution is 0.232. The first kappa shape index (κ1) is 22.4. The van der Waals surface area contributed by atoms with Gasteiger partial charge in [-0.15, -0.1) is 24.0 Å². The molecule has 0 spiro atoms. The molecule has 6 nitrogen and oxygen atoms in total. The van der Waals surface area contributed by atoms with E-state index in [9.17, 15) is 0 Å². The van der Waals surface area contributed by atoms with E-state index in [1.165, 1.54) is 0 Å². The Morgan fingerprint density at radius 1 is 1.12 bits per heavy atom. The van der Waals surface area contributed by atoms with Gasteiger partial charge in [-0.3, -0.25) is 4.99 Å². The van der Waals surface area contributed by atoms with Crippen LogP contribution >= 0.6 is 35.6 Å². The molecule has 2 aromatic heterocycles. The lowest BCUT2D eigenvalue weighted by Gasteiger charge is -2.12. The molecule has 0 radical (unpaired) electrons. The molecule has 2 rings (SSSR count). The van der Waals surface area contributed by atoms with Crippen molar-refractivity contribution < 1.29 is 4.74 Å². The van der Waals surface area contributed by atoms with Crippen LogP contribution in [0.3, 0.4) is 0 Å². The largest absolute Gasteiger partial charge is 0.475 e. The van der Waals surface area contributed by atoms with Crippen LogP contribution < -0.4 is 15.4 Å². The number of ether oxygens (including phenoxy) is 1. The van der Waals surface area contributed by atoms with Gasteiger partial charge < -0.3 is 15.4 Å². The number of aliphatic imine (C=N–C) groups is 1. The molecule has 0 bridgehead atoms. The highest BCUT2D eigenvalue weighted by atomic mass is 127. The minimum Gasteiger partial charge on any atom is -0.475 e. The molecule has 0 aliphatic carbocycles. The zero-order valence-corrected chi connectivity index (χ0v) is 18.3. The van der Waals surface area contributed by atoms with E-state index in [2.05, 4.69) is 25.6 Å². The number of guanidine groups is 1. The van der Waals surface area contributed by atoms with Gasteiger partial charge in [-0.1, -0.05) is 23.7 Å². The highest BCUT2D eigenvalue weighted by molar-refractivity contribution is 14.0. The summed E-state index contributed by atoms with van der Waals surface area (Å²) in [6, 6.07) is 7.63. The molecular weight excluding hydrogens is 465 g/mol. The molecule has 0 atom stereocenters. The Morgan fingerprint density at radius 2 is 1.85 bits per heavy atom. The van der Waals surface area contributed by atoms with Gasteiger partial charge in [0, 0.05) is 38.6 Å². The fourth-order valence-electron chi connectivity index (χ4n) is 2.11. The van der Waals surface area contributed by atoms with Crippen LogP contribution in [0.15, 0.2) is 41.7 Å². The van der Waals surface area contributed by atoms with Crippen molar-refractivity contribution in [3.05, 3.63) is 52.9 Å². The highest BCUT2D eigenvalue weighted by Crippen LogP contribution is 2.09. The standard InChI is InChI=1S/C18H24ClN5O.HI/c1-13(2)25-17-7-5-15(11-23-17)12-24-18(20-3)21-9-8-14-4-6-16(19)22-10-14;/h4-7,10-11,13H,8-9,12H2,1-3H3,(H2,20,21,24);1H. The minimum atomic E-state index is 0. The van der Waals surface area contributed by atoms with Crippen molar-refractivity contribution in [3.8, 4) is 5.88 Å². The summed E-state index contributed by atoms with van der Waals surface area (Å²) in [5.74, 6) is 1.38. The first-order valence-corrected chi connectivity index (χ1v) is 8.61. The molecule has 8 heteroatoms. The van der Waals surface area contributed by atoms with E-state index in [0.29, 0.717) is 17.6 Å². The Hall–Kier alpha value is -1.61. The monoisotopic (exact) mass is 489 g/mol. The first-order chi connectivity index (χ1) is 12.1. The Kier molecular flexibility index (Phi) is 10.3. The van der Waals surface area contributed by atoms with Gasteiger partial charge in [-0.2, -0.15) is 0 Å². The van der Waals surface area contributed by atoms with Crippen molar-refractivity contribution in [1.29, 1.82) is 0 Å². The van der Waals surface area contributed by atoms with Crippen molar-refractivity contribution in [2.75, 3.05) is 13.6 Å². The zero-order chi connectivity index (χ0) is 18.1. The maximum absolute atomic E-state index is 5.78. The summed E-state index contributed by atoms with van der Waals surface area (Å²) in [6.07, 6.45) is 4.55. The fraction of sp³-hybridized carbons (Fsp3) is 0.389. The van der Waals surface area contributed by atoms with Crippen LogP contribution in [0.2, 0.25) is 5.15 Å². The van der Waals surface area contributed by atoms with Crippen molar-refractivity contribution in [2.45, 2.75) is 32.9 Å². The van der Waals surface area contributed by atoms with Crippen molar-refractivity contribution in [3.63, 3.8) is 0 Å². The topological polar surface area (TPSA) is 71.4 Å². The fourth-order valence-corrected chi connectivity index (χ4v) is 2.22. The second-order valence-corrected chi connectivity index (χ2v) is 6.15. The molecule has 0 aliphatic heterocycles. The van der Waals surface area contributed by atoms with E-state index >= 15 is 0 Å². The molecule has 142 valence electrons. The average molecular weight is 490 g/mol. The van der Waals surface area contributed by atoms with Gasteiger partial charge in [0.1, 0.15) is 5.15 Å². The molecule has 0 saturated heterocycles. The lowest BCUT2D eigenvalue weighted by atomic mass is 10.2. The number of hydrogen-bond donors (Lipinski definition) is 2. The second kappa shape index (κ2) is 11.9. The Bertz CT molecular complexity index is 677. The Balaban J connectivity index is 0.00000338. The quantitative estimate of drug-likeness (QED) is 0.270. The van der Waals surface area contributed by atoms with Crippen LogP contribution in [0, 0.1) is 0 Å². The molecular formula is C18H25ClIN5O. The maximum Gasteiger partial charge on any atom is 0.213 e. The Labute approximate surface area is 176 Å². The summed E-state index contributed by atoms with van der Waals surface area (Å²) in [7, 11) is 1.75. The summed E-state index contributed by atoms with van der Waals surface area (Å²) in [5.41, 5.74) is 2.18. The van der Waals surface area contributed by atoms with Crippen molar-refractivity contribution >= 4 is 41.5 Å². The van der Waals surface area contributed by atoms with E-state index in [1.807, 2.05) is 32.0 Å². The van der Waals surface area contributed by atoms with Gasteiger partial charge in [0.15, 0.2) is 5.96 Å². The van der Waals surface area contributed by atoms with E-state index < -0.39 is 0 Å². The number of nitrogens with one attached hydrogen (secondary N) is 2. The Morgan fingerprint density at radius 3 is 2.42 bits per heavy atom. The van der Waals surface area contributed by atoms with E-state index in [0.717, 1.165) is 30.1 Å². The first-order valence-electron chi connectivity index (χ1n) is 8.23. The molecule has 0 aliphatic rings. The predicted octanol–water partition coefficient (Wildman–Crippen LogP) is 3.44. The number of rotatable bonds is 7. The van der Waals surface area contributed by atoms with E-state index in [-0.39, 0.29) is 30.1 Å². The van der Waals surface area contributed by atoms with Crippen molar-refractivity contribution in [2.24, 2.45) is 4.99 Å². The molecule has 2 heterocycles. The molecule has 0 amide bonds. The van der Waals surface area contributed by atoms with Gasteiger partial charge in [-0.25, -0.2) is 9.97 Å². The van der Waals surface area contributed by atoms with E-state index in [4.69, 9.17) is 16.3 Å². The van der Waals surface area contributed by atoms with Crippen molar-refractivity contribution in [1.82, 2.24) is 20.6 Å². The number of halogens is 2. The predicted molar refractivity (Wildman–Crippen MR) is 117 cm³/mol. The van der Waals surface area contributed by atoms with Crippen LogP contribution in [-0.2, 0) is 13.0 Å². The van der Waals surface area contributed by atoms with Crippen LogP contribution in [0.4, 0.5) is 0 Å². The van der Waals surface area contributed by atoms with Crippen LogP contribution in [0.5, 0.6) is 5.88 Å². The molecule has 0 unspecified atom stereocenters. The molecule has 2 N–H and O–H groups in total.